The zero-order valence-electron chi connectivity index (χ0n) is 10.7. The predicted octanol–water partition coefficient (Wildman–Crippen LogP) is 0.966. The van der Waals surface area contributed by atoms with E-state index < -0.39 is 0 Å². The molecule has 94 valence electrons. The first kappa shape index (κ1) is 13.5. The minimum Gasteiger partial charge on any atom is -0.469 e. The summed E-state index contributed by atoms with van der Waals surface area (Å²) in [5, 5.41) is 0. The van der Waals surface area contributed by atoms with Gasteiger partial charge in [-0.2, -0.15) is 0 Å². The minimum atomic E-state index is -0.0976. The molecule has 4 heteroatoms. The Balaban J connectivity index is 2.26. The van der Waals surface area contributed by atoms with Gasteiger partial charge in [0.05, 0.1) is 7.11 Å². The summed E-state index contributed by atoms with van der Waals surface area (Å²) in [6, 6.07) is 0.588. The Labute approximate surface area is 98.5 Å². The van der Waals surface area contributed by atoms with Crippen LogP contribution in [0.3, 0.4) is 0 Å². The van der Waals surface area contributed by atoms with Crippen molar-refractivity contribution in [2.45, 2.75) is 32.2 Å². The van der Waals surface area contributed by atoms with Crippen LogP contribution < -0.4 is 0 Å². The Hall–Kier alpha value is -0.610. The van der Waals surface area contributed by atoms with Gasteiger partial charge in [0.15, 0.2) is 0 Å². The number of carbonyl (C=O) groups excluding carboxylic acids is 1. The molecule has 0 bridgehead atoms. The smallest absolute Gasteiger partial charge is 0.305 e. The van der Waals surface area contributed by atoms with Gasteiger partial charge in [-0.25, -0.2) is 0 Å². The summed E-state index contributed by atoms with van der Waals surface area (Å²) in [6.45, 7) is 6.72. The van der Waals surface area contributed by atoms with Crippen LogP contribution in [0.15, 0.2) is 0 Å². The van der Waals surface area contributed by atoms with Crippen molar-refractivity contribution in [3.63, 3.8) is 0 Å². The summed E-state index contributed by atoms with van der Waals surface area (Å²) in [7, 11) is 3.63. The Morgan fingerprint density at radius 1 is 1.44 bits per heavy atom. The molecule has 16 heavy (non-hydrogen) atoms. The number of esters is 1. The van der Waals surface area contributed by atoms with Gasteiger partial charge in [-0.3, -0.25) is 9.69 Å². The van der Waals surface area contributed by atoms with E-state index in [9.17, 15) is 4.79 Å². The van der Waals surface area contributed by atoms with Gasteiger partial charge in [0.25, 0.3) is 0 Å². The van der Waals surface area contributed by atoms with E-state index in [1.165, 1.54) is 20.1 Å². The molecule has 1 saturated heterocycles. The summed E-state index contributed by atoms with van der Waals surface area (Å²) < 4.78 is 4.64. The highest BCUT2D eigenvalue weighted by molar-refractivity contribution is 5.69. The summed E-state index contributed by atoms with van der Waals surface area (Å²) in [5.41, 5.74) is 0. The lowest BCUT2D eigenvalue weighted by Crippen LogP contribution is -2.38. The molecule has 1 fully saturated rings. The van der Waals surface area contributed by atoms with E-state index in [-0.39, 0.29) is 5.97 Å². The quantitative estimate of drug-likeness (QED) is 0.671. The lowest BCUT2D eigenvalue weighted by atomic mass is 10.2. The first-order valence-corrected chi connectivity index (χ1v) is 6.13. The molecule has 0 N–H and O–H groups in total. The molecular formula is C12H24N2O2. The van der Waals surface area contributed by atoms with Crippen molar-refractivity contribution in [2.75, 3.05) is 40.3 Å². The van der Waals surface area contributed by atoms with Crippen molar-refractivity contribution in [3.8, 4) is 0 Å². The average molecular weight is 228 g/mol. The van der Waals surface area contributed by atoms with Crippen LogP contribution in [0.2, 0.25) is 0 Å². The Bertz CT molecular complexity index is 221. The van der Waals surface area contributed by atoms with Gasteiger partial charge in [0.1, 0.15) is 0 Å². The predicted molar refractivity (Wildman–Crippen MR) is 64.4 cm³/mol. The number of methoxy groups -OCH3 is 1. The van der Waals surface area contributed by atoms with Crippen molar-refractivity contribution in [3.05, 3.63) is 0 Å². The molecule has 1 unspecified atom stereocenters. The van der Waals surface area contributed by atoms with Gasteiger partial charge in [-0.15, -0.1) is 0 Å². The number of nitrogens with zero attached hydrogens (tertiary/aromatic N) is 2. The van der Waals surface area contributed by atoms with E-state index in [0.29, 0.717) is 12.5 Å². The summed E-state index contributed by atoms with van der Waals surface area (Å²) in [6.07, 6.45) is 2.66. The van der Waals surface area contributed by atoms with Crippen molar-refractivity contribution in [1.82, 2.24) is 9.80 Å². The van der Waals surface area contributed by atoms with Crippen LogP contribution in [0.1, 0.15) is 26.2 Å². The van der Waals surface area contributed by atoms with Crippen LogP contribution in [0, 0.1) is 0 Å². The SMILES string of the molecule is COC(=O)CCCN1CCCN(C)CC1C. The van der Waals surface area contributed by atoms with E-state index >= 15 is 0 Å². The number of rotatable bonds is 4. The second-order valence-electron chi connectivity index (χ2n) is 4.68. The fourth-order valence-corrected chi connectivity index (χ4v) is 2.28. The van der Waals surface area contributed by atoms with Gasteiger partial charge in [-0.05, 0) is 46.4 Å². The van der Waals surface area contributed by atoms with Gasteiger partial charge >= 0.3 is 5.97 Å². The molecule has 0 aliphatic carbocycles. The lowest BCUT2D eigenvalue weighted by molar-refractivity contribution is -0.140. The molecule has 1 rings (SSSR count). The van der Waals surface area contributed by atoms with Crippen LogP contribution in [0.4, 0.5) is 0 Å². The summed E-state index contributed by atoms with van der Waals surface area (Å²) in [4.78, 5) is 15.9. The fraction of sp³-hybridized carbons (Fsp3) is 0.917. The maximum Gasteiger partial charge on any atom is 0.305 e. The molecule has 0 radical (unpaired) electrons. The number of likely N-dealkylation sites (N-methyl/N-ethyl adjacent to an activating group) is 1. The van der Waals surface area contributed by atoms with Gasteiger partial charge in [-0.1, -0.05) is 0 Å². The second kappa shape index (κ2) is 6.86. The molecule has 0 spiro atoms. The monoisotopic (exact) mass is 228 g/mol. The molecule has 1 aliphatic heterocycles. The highest BCUT2D eigenvalue weighted by atomic mass is 16.5. The first-order chi connectivity index (χ1) is 7.63. The molecule has 0 amide bonds. The second-order valence-corrected chi connectivity index (χ2v) is 4.68. The molecule has 1 atom stereocenters. The van der Waals surface area contributed by atoms with E-state index in [1.807, 2.05) is 0 Å². The molecule has 0 saturated carbocycles. The highest BCUT2D eigenvalue weighted by Gasteiger charge is 2.19. The fourth-order valence-electron chi connectivity index (χ4n) is 2.28. The van der Waals surface area contributed by atoms with E-state index in [1.54, 1.807) is 0 Å². The van der Waals surface area contributed by atoms with Crippen LogP contribution in [0.25, 0.3) is 0 Å². The Kier molecular flexibility index (Phi) is 5.77. The third-order valence-corrected chi connectivity index (χ3v) is 3.24. The molecule has 1 aliphatic rings. The largest absolute Gasteiger partial charge is 0.469 e. The van der Waals surface area contributed by atoms with Crippen molar-refractivity contribution >= 4 is 5.97 Å². The third-order valence-electron chi connectivity index (χ3n) is 3.24. The van der Waals surface area contributed by atoms with Crippen molar-refractivity contribution in [2.24, 2.45) is 0 Å². The van der Waals surface area contributed by atoms with Crippen molar-refractivity contribution in [1.29, 1.82) is 0 Å². The van der Waals surface area contributed by atoms with Gasteiger partial charge in [0, 0.05) is 19.0 Å². The van der Waals surface area contributed by atoms with Gasteiger partial charge < -0.3 is 9.64 Å². The lowest BCUT2D eigenvalue weighted by Gasteiger charge is -2.27. The number of hydrogen-bond acceptors (Lipinski definition) is 4. The van der Waals surface area contributed by atoms with Crippen LogP contribution in [-0.4, -0.2) is 62.1 Å². The van der Waals surface area contributed by atoms with Crippen LogP contribution >= 0.6 is 0 Å². The zero-order valence-corrected chi connectivity index (χ0v) is 10.7. The number of carbonyl (C=O) groups is 1. The van der Waals surface area contributed by atoms with Crippen molar-refractivity contribution < 1.29 is 9.53 Å². The number of ether oxygens (including phenoxy) is 1. The maximum absolute atomic E-state index is 11.0. The first-order valence-electron chi connectivity index (χ1n) is 6.13. The number of hydrogen-bond donors (Lipinski definition) is 0. The van der Waals surface area contributed by atoms with Gasteiger partial charge in [0.2, 0.25) is 0 Å². The highest BCUT2D eigenvalue weighted by Crippen LogP contribution is 2.09. The molecule has 4 nitrogen and oxygen atoms in total. The average Bonchev–Trinajstić information content (AvgIpc) is 2.40. The molecular weight excluding hydrogens is 204 g/mol. The standard InChI is InChI=1S/C12H24N2O2/c1-11-10-13(2)7-5-9-14(11)8-4-6-12(15)16-3/h11H,4-10H2,1-3H3. The molecule has 0 aromatic heterocycles. The van der Waals surface area contributed by atoms with Crippen LogP contribution in [-0.2, 0) is 9.53 Å². The third kappa shape index (κ3) is 4.49. The summed E-state index contributed by atoms with van der Waals surface area (Å²) in [5.74, 6) is -0.0976. The van der Waals surface area contributed by atoms with E-state index in [2.05, 4.69) is 28.5 Å². The minimum absolute atomic E-state index is 0.0976. The normalized spacial score (nSPS) is 24.1. The molecule has 0 aromatic carbocycles. The zero-order chi connectivity index (χ0) is 12.0. The molecule has 0 aromatic rings. The van der Waals surface area contributed by atoms with E-state index in [0.717, 1.165) is 26.1 Å². The molecule has 1 heterocycles. The Morgan fingerprint density at radius 2 is 2.19 bits per heavy atom. The summed E-state index contributed by atoms with van der Waals surface area (Å²) >= 11 is 0. The van der Waals surface area contributed by atoms with E-state index in [4.69, 9.17) is 0 Å². The maximum atomic E-state index is 11.0. The Morgan fingerprint density at radius 3 is 2.88 bits per heavy atom. The topological polar surface area (TPSA) is 32.8 Å². The van der Waals surface area contributed by atoms with Crippen LogP contribution in [0.5, 0.6) is 0 Å².